The van der Waals surface area contributed by atoms with Crippen molar-refractivity contribution in [2.45, 2.75) is 25.8 Å². The number of halogens is 2. The molecule has 1 saturated heterocycles. The molecule has 2 heterocycles. The zero-order valence-corrected chi connectivity index (χ0v) is 11.5. The molecule has 1 aliphatic heterocycles. The van der Waals surface area contributed by atoms with Crippen molar-refractivity contribution in [2.75, 3.05) is 18.4 Å². The highest BCUT2D eigenvalue weighted by Crippen LogP contribution is 2.22. The lowest BCUT2D eigenvalue weighted by molar-refractivity contribution is -0.130. The maximum absolute atomic E-state index is 12.1. The first-order valence-corrected chi connectivity index (χ1v) is 6.57. The van der Waals surface area contributed by atoms with Crippen molar-refractivity contribution in [3.8, 4) is 0 Å². The molecular weight excluding hydrogens is 275 g/mol. The van der Waals surface area contributed by atoms with Gasteiger partial charge in [-0.25, -0.2) is 0 Å². The number of rotatable bonds is 3. The molecule has 1 unspecified atom stereocenters. The Morgan fingerprint density at radius 3 is 2.72 bits per heavy atom. The lowest BCUT2D eigenvalue weighted by Crippen LogP contribution is -2.39. The molecule has 0 bridgehead atoms. The van der Waals surface area contributed by atoms with E-state index in [0.29, 0.717) is 5.69 Å². The van der Waals surface area contributed by atoms with Gasteiger partial charge >= 0.3 is 0 Å². The van der Waals surface area contributed by atoms with E-state index in [1.54, 1.807) is 13.0 Å². The Morgan fingerprint density at radius 1 is 1.39 bits per heavy atom. The van der Waals surface area contributed by atoms with Crippen LogP contribution in [0.1, 0.15) is 19.8 Å². The van der Waals surface area contributed by atoms with Gasteiger partial charge in [-0.3, -0.25) is 4.79 Å². The van der Waals surface area contributed by atoms with E-state index in [4.69, 9.17) is 23.2 Å². The van der Waals surface area contributed by atoms with Crippen molar-refractivity contribution in [2.24, 2.45) is 0 Å². The molecule has 0 radical (unpaired) electrons. The number of aromatic nitrogens is 2. The highest BCUT2D eigenvalue weighted by molar-refractivity contribution is 6.33. The summed E-state index contributed by atoms with van der Waals surface area (Å²) in [6, 6.07) is 1.20. The third kappa shape index (κ3) is 3.03. The van der Waals surface area contributed by atoms with E-state index in [0.717, 1.165) is 25.9 Å². The lowest BCUT2D eigenvalue weighted by atomic mass is 10.2. The zero-order valence-electron chi connectivity index (χ0n) is 9.99. The van der Waals surface area contributed by atoms with Gasteiger partial charge in [-0.1, -0.05) is 23.2 Å². The van der Waals surface area contributed by atoms with Gasteiger partial charge in [0.15, 0.2) is 10.3 Å². The van der Waals surface area contributed by atoms with E-state index in [9.17, 15) is 4.79 Å². The molecular formula is C11H14Cl2N4O. The first-order valence-electron chi connectivity index (χ1n) is 5.82. The molecule has 5 nitrogen and oxygen atoms in total. The molecule has 2 rings (SSSR count). The second-order valence-corrected chi connectivity index (χ2v) is 5.02. The first kappa shape index (κ1) is 13.4. The van der Waals surface area contributed by atoms with E-state index in [-0.39, 0.29) is 22.3 Å². The number of likely N-dealkylation sites (tertiary alicyclic amines) is 1. The van der Waals surface area contributed by atoms with Gasteiger partial charge in [0.25, 0.3) is 0 Å². The number of nitrogens with zero attached hydrogens (tertiary/aromatic N) is 3. The Kier molecular flexibility index (Phi) is 4.24. The highest BCUT2D eigenvalue weighted by atomic mass is 35.5. The number of nitrogens with one attached hydrogen (secondary N) is 1. The highest BCUT2D eigenvalue weighted by Gasteiger charge is 2.23. The minimum Gasteiger partial charge on any atom is -0.371 e. The van der Waals surface area contributed by atoms with Crippen LogP contribution in [-0.2, 0) is 4.79 Å². The summed E-state index contributed by atoms with van der Waals surface area (Å²) in [7, 11) is 0. The molecule has 0 aliphatic carbocycles. The zero-order chi connectivity index (χ0) is 13.1. The molecule has 0 spiro atoms. The molecule has 1 aliphatic rings. The fourth-order valence-electron chi connectivity index (χ4n) is 1.96. The number of amides is 1. The van der Waals surface area contributed by atoms with E-state index in [1.807, 2.05) is 4.90 Å². The van der Waals surface area contributed by atoms with Crippen molar-refractivity contribution in [3.05, 3.63) is 16.4 Å². The van der Waals surface area contributed by atoms with E-state index in [1.165, 1.54) is 0 Å². The Morgan fingerprint density at radius 2 is 2.06 bits per heavy atom. The van der Waals surface area contributed by atoms with Crippen LogP contribution in [0.4, 0.5) is 5.69 Å². The van der Waals surface area contributed by atoms with Gasteiger partial charge in [-0.05, 0) is 19.8 Å². The predicted molar refractivity (Wildman–Crippen MR) is 71.0 cm³/mol. The minimum atomic E-state index is -0.360. The summed E-state index contributed by atoms with van der Waals surface area (Å²) in [4.78, 5) is 13.9. The average molecular weight is 289 g/mol. The van der Waals surface area contributed by atoms with Gasteiger partial charge in [-0.15, -0.1) is 10.2 Å². The molecule has 18 heavy (non-hydrogen) atoms. The Balaban J connectivity index is 2.03. The molecule has 0 aromatic carbocycles. The second kappa shape index (κ2) is 5.71. The van der Waals surface area contributed by atoms with E-state index in [2.05, 4.69) is 15.5 Å². The van der Waals surface area contributed by atoms with Gasteiger partial charge in [0.2, 0.25) is 5.91 Å². The lowest BCUT2D eigenvalue weighted by Gasteiger charge is -2.22. The average Bonchev–Trinajstić information content (AvgIpc) is 2.86. The largest absolute Gasteiger partial charge is 0.371 e. The maximum Gasteiger partial charge on any atom is 0.244 e. The van der Waals surface area contributed by atoms with Gasteiger partial charge in [0, 0.05) is 19.2 Å². The maximum atomic E-state index is 12.1. The number of hydrogen-bond acceptors (Lipinski definition) is 4. The molecule has 98 valence electrons. The number of carbonyl (C=O) groups excluding carboxylic acids is 1. The van der Waals surface area contributed by atoms with E-state index >= 15 is 0 Å². The quantitative estimate of drug-likeness (QED) is 0.926. The minimum absolute atomic E-state index is 0.0662. The first-order chi connectivity index (χ1) is 8.58. The summed E-state index contributed by atoms with van der Waals surface area (Å²) in [5.41, 5.74) is 0.525. The molecule has 1 N–H and O–H groups in total. The van der Waals surface area contributed by atoms with Crippen molar-refractivity contribution in [1.82, 2.24) is 15.1 Å². The number of hydrogen-bond donors (Lipinski definition) is 1. The van der Waals surface area contributed by atoms with Crippen molar-refractivity contribution < 1.29 is 4.79 Å². The molecule has 1 fully saturated rings. The Hall–Kier alpha value is -1.07. The number of anilines is 1. The van der Waals surface area contributed by atoms with Gasteiger partial charge in [0.1, 0.15) is 6.04 Å². The number of carbonyl (C=O) groups is 1. The summed E-state index contributed by atoms with van der Waals surface area (Å²) < 4.78 is 0. The molecule has 1 atom stereocenters. The molecule has 1 amide bonds. The van der Waals surface area contributed by atoms with Crippen LogP contribution in [0.25, 0.3) is 0 Å². The SMILES string of the molecule is CC(Nc1cc(Cl)nnc1Cl)C(=O)N1CCCC1. The Labute approximate surface area is 115 Å². The standard InChI is InChI=1S/C11H14Cl2N4O/c1-7(11(18)17-4-2-3-5-17)14-8-6-9(12)15-16-10(8)13/h6-7H,2-5H2,1H3,(H,14,15). The van der Waals surface area contributed by atoms with Crippen LogP contribution < -0.4 is 5.32 Å². The fourth-order valence-corrected chi connectivity index (χ4v) is 2.25. The van der Waals surface area contributed by atoms with Crippen LogP contribution >= 0.6 is 23.2 Å². The monoisotopic (exact) mass is 288 g/mol. The Bertz CT molecular complexity index is 449. The third-order valence-corrected chi connectivity index (χ3v) is 3.34. The van der Waals surface area contributed by atoms with Crippen LogP contribution in [0.5, 0.6) is 0 Å². The van der Waals surface area contributed by atoms with Crippen LogP contribution in [0.3, 0.4) is 0 Å². The molecule has 1 aromatic heterocycles. The van der Waals surface area contributed by atoms with Crippen LogP contribution in [0.2, 0.25) is 10.3 Å². The topological polar surface area (TPSA) is 58.1 Å². The van der Waals surface area contributed by atoms with Crippen molar-refractivity contribution >= 4 is 34.8 Å². The summed E-state index contributed by atoms with van der Waals surface area (Å²) in [5.74, 6) is 0.0662. The summed E-state index contributed by atoms with van der Waals surface area (Å²) in [6.07, 6.45) is 2.14. The van der Waals surface area contributed by atoms with Crippen molar-refractivity contribution in [3.63, 3.8) is 0 Å². The molecule has 0 saturated carbocycles. The second-order valence-electron chi connectivity index (χ2n) is 4.27. The summed E-state index contributed by atoms with van der Waals surface area (Å²) >= 11 is 11.6. The van der Waals surface area contributed by atoms with Crippen LogP contribution in [0, 0.1) is 0 Å². The van der Waals surface area contributed by atoms with Gasteiger partial charge in [0.05, 0.1) is 5.69 Å². The van der Waals surface area contributed by atoms with Crippen LogP contribution in [-0.4, -0.2) is 40.1 Å². The molecule has 7 heteroatoms. The fraction of sp³-hybridized carbons (Fsp3) is 0.545. The van der Waals surface area contributed by atoms with Gasteiger partial charge < -0.3 is 10.2 Å². The predicted octanol–water partition coefficient (Wildman–Crippen LogP) is 2.21. The summed E-state index contributed by atoms with van der Waals surface area (Å²) in [5, 5.41) is 10.8. The van der Waals surface area contributed by atoms with Crippen molar-refractivity contribution in [1.29, 1.82) is 0 Å². The van der Waals surface area contributed by atoms with Crippen LogP contribution in [0.15, 0.2) is 6.07 Å². The molecule has 1 aromatic rings. The van der Waals surface area contributed by atoms with E-state index < -0.39 is 0 Å². The summed E-state index contributed by atoms with van der Waals surface area (Å²) in [6.45, 7) is 3.45. The smallest absolute Gasteiger partial charge is 0.244 e. The third-order valence-electron chi connectivity index (χ3n) is 2.88. The van der Waals surface area contributed by atoms with Gasteiger partial charge in [-0.2, -0.15) is 0 Å². The normalized spacial score (nSPS) is 16.7.